The maximum atomic E-state index is 12.4. The van der Waals surface area contributed by atoms with Crippen LogP contribution in [0, 0.1) is 0 Å². The molecule has 23 heavy (non-hydrogen) atoms. The molecule has 6 nitrogen and oxygen atoms in total. The molecule has 2 heterocycles. The molecule has 1 fully saturated rings. The van der Waals surface area contributed by atoms with Gasteiger partial charge >= 0.3 is 5.76 Å². The van der Waals surface area contributed by atoms with Crippen molar-refractivity contribution in [3.05, 3.63) is 33.8 Å². The van der Waals surface area contributed by atoms with E-state index in [4.69, 9.17) is 20.8 Å². The Hall–Kier alpha value is -1.79. The van der Waals surface area contributed by atoms with Crippen molar-refractivity contribution in [1.29, 1.82) is 0 Å². The van der Waals surface area contributed by atoms with Gasteiger partial charge < -0.3 is 14.1 Å². The molecule has 0 spiro atoms. The second kappa shape index (κ2) is 6.37. The average molecular weight is 339 g/mol. The molecule has 2 aromatic rings. The number of halogens is 1. The van der Waals surface area contributed by atoms with Crippen molar-refractivity contribution < 1.29 is 13.9 Å². The third kappa shape index (κ3) is 3.43. The molecule has 0 bridgehead atoms. The number of morpholine rings is 1. The Morgan fingerprint density at radius 3 is 2.70 bits per heavy atom. The lowest BCUT2D eigenvalue weighted by molar-refractivity contribution is -0.143. The van der Waals surface area contributed by atoms with Gasteiger partial charge in [-0.3, -0.25) is 9.36 Å². The summed E-state index contributed by atoms with van der Waals surface area (Å²) in [6.07, 6.45) is 0.306. The predicted molar refractivity (Wildman–Crippen MR) is 86.7 cm³/mol. The number of fused-ring (bicyclic) bond motifs is 1. The normalized spacial score (nSPS) is 21.8. The molecule has 0 saturated carbocycles. The number of rotatable bonds is 3. The Bertz CT molecular complexity index is 772. The lowest BCUT2D eigenvalue weighted by Gasteiger charge is -2.35. The highest BCUT2D eigenvalue weighted by Crippen LogP contribution is 2.19. The van der Waals surface area contributed by atoms with Gasteiger partial charge in [-0.05, 0) is 26.0 Å². The Balaban J connectivity index is 1.72. The summed E-state index contributed by atoms with van der Waals surface area (Å²) in [4.78, 5) is 26.1. The first-order chi connectivity index (χ1) is 10.9. The number of oxazole rings is 1. The molecule has 1 amide bonds. The van der Waals surface area contributed by atoms with E-state index in [1.807, 2.05) is 13.8 Å². The summed E-state index contributed by atoms with van der Waals surface area (Å²) in [5, 5.41) is 0.505. The molecular formula is C16H19ClN2O4. The van der Waals surface area contributed by atoms with Gasteiger partial charge in [0, 0.05) is 37.1 Å². The number of hydrogen-bond acceptors (Lipinski definition) is 4. The number of aromatic nitrogens is 1. The van der Waals surface area contributed by atoms with E-state index >= 15 is 0 Å². The number of nitrogens with zero attached hydrogens (tertiary/aromatic N) is 2. The minimum atomic E-state index is -0.473. The van der Waals surface area contributed by atoms with E-state index in [-0.39, 0.29) is 31.1 Å². The van der Waals surface area contributed by atoms with Crippen LogP contribution in [0.25, 0.3) is 11.1 Å². The number of carbonyl (C=O) groups excluding carboxylic acids is 1. The quantitative estimate of drug-likeness (QED) is 0.861. The second-order valence-electron chi connectivity index (χ2n) is 5.94. The summed E-state index contributed by atoms with van der Waals surface area (Å²) in [5.74, 6) is -0.457. The smallest absolute Gasteiger partial charge is 0.408 e. The highest BCUT2D eigenvalue weighted by Gasteiger charge is 2.25. The fraction of sp³-hybridized carbons (Fsp3) is 0.500. The zero-order valence-electron chi connectivity index (χ0n) is 13.1. The van der Waals surface area contributed by atoms with Gasteiger partial charge in [-0.25, -0.2) is 4.79 Å². The third-order valence-corrected chi connectivity index (χ3v) is 4.19. The van der Waals surface area contributed by atoms with E-state index in [2.05, 4.69) is 0 Å². The van der Waals surface area contributed by atoms with Gasteiger partial charge in [-0.2, -0.15) is 0 Å². The van der Waals surface area contributed by atoms with Crippen LogP contribution in [-0.4, -0.2) is 40.7 Å². The maximum Gasteiger partial charge on any atom is 0.419 e. The van der Waals surface area contributed by atoms with Crippen molar-refractivity contribution in [1.82, 2.24) is 9.47 Å². The molecule has 7 heteroatoms. The monoisotopic (exact) mass is 338 g/mol. The Kier molecular flexibility index (Phi) is 4.46. The van der Waals surface area contributed by atoms with Gasteiger partial charge in [0.25, 0.3) is 0 Å². The van der Waals surface area contributed by atoms with Crippen LogP contribution in [0.4, 0.5) is 0 Å². The van der Waals surface area contributed by atoms with Gasteiger partial charge in [0.2, 0.25) is 5.91 Å². The summed E-state index contributed by atoms with van der Waals surface area (Å²) in [7, 11) is 0. The Morgan fingerprint density at radius 2 is 2.00 bits per heavy atom. The topological polar surface area (TPSA) is 64.7 Å². The van der Waals surface area contributed by atoms with Crippen molar-refractivity contribution in [2.45, 2.75) is 39.0 Å². The molecule has 1 aliphatic rings. The van der Waals surface area contributed by atoms with Crippen LogP contribution >= 0.6 is 11.6 Å². The summed E-state index contributed by atoms with van der Waals surface area (Å²) in [5.41, 5.74) is 1.08. The number of aryl methyl sites for hydroxylation is 1. The van der Waals surface area contributed by atoms with E-state index in [1.165, 1.54) is 4.57 Å². The molecule has 1 aromatic carbocycles. The van der Waals surface area contributed by atoms with Gasteiger partial charge in [-0.1, -0.05) is 11.6 Å². The highest BCUT2D eigenvalue weighted by atomic mass is 35.5. The van der Waals surface area contributed by atoms with Gasteiger partial charge in [-0.15, -0.1) is 0 Å². The number of hydrogen-bond donors (Lipinski definition) is 0. The van der Waals surface area contributed by atoms with Crippen LogP contribution in [-0.2, 0) is 16.1 Å². The minimum absolute atomic E-state index is 0.0159. The second-order valence-corrected chi connectivity index (χ2v) is 6.37. The SMILES string of the molecule is CC1CN(C(=O)CCn2c(=O)oc3cc(Cl)ccc32)CC(C)O1. The van der Waals surface area contributed by atoms with Crippen molar-refractivity contribution in [3.63, 3.8) is 0 Å². The number of benzene rings is 1. The predicted octanol–water partition coefficient (Wildman–Crippen LogP) is 2.27. The van der Waals surface area contributed by atoms with Crippen molar-refractivity contribution >= 4 is 28.6 Å². The summed E-state index contributed by atoms with van der Waals surface area (Å²) < 4.78 is 12.3. The van der Waals surface area contributed by atoms with Gasteiger partial charge in [0.15, 0.2) is 5.58 Å². The van der Waals surface area contributed by atoms with Crippen molar-refractivity contribution in [3.8, 4) is 0 Å². The Labute approximate surface area is 138 Å². The molecular weight excluding hydrogens is 320 g/mol. The fourth-order valence-electron chi connectivity index (χ4n) is 3.00. The molecule has 0 aliphatic carbocycles. The van der Waals surface area contributed by atoms with Crippen LogP contribution in [0.15, 0.2) is 27.4 Å². The summed E-state index contributed by atoms with van der Waals surface area (Å²) in [6.45, 7) is 5.35. The zero-order valence-corrected chi connectivity index (χ0v) is 13.9. The van der Waals surface area contributed by atoms with Crippen molar-refractivity contribution in [2.75, 3.05) is 13.1 Å². The third-order valence-electron chi connectivity index (χ3n) is 3.95. The van der Waals surface area contributed by atoms with E-state index in [0.717, 1.165) is 0 Å². The summed E-state index contributed by atoms with van der Waals surface area (Å²) >= 11 is 5.89. The first-order valence-electron chi connectivity index (χ1n) is 7.66. The lowest BCUT2D eigenvalue weighted by atomic mass is 10.2. The lowest BCUT2D eigenvalue weighted by Crippen LogP contribution is -2.48. The first kappa shape index (κ1) is 16.1. The minimum Gasteiger partial charge on any atom is -0.408 e. The average Bonchev–Trinajstić information content (AvgIpc) is 2.78. The van der Waals surface area contributed by atoms with E-state index < -0.39 is 5.76 Å². The molecule has 2 atom stereocenters. The first-order valence-corrected chi connectivity index (χ1v) is 8.04. The number of carbonyl (C=O) groups is 1. The Morgan fingerprint density at radius 1 is 1.30 bits per heavy atom. The van der Waals surface area contributed by atoms with E-state index in [0.29, 0.717) is 29.2 Å². The molecule has 1 aromatic heterocycles. The maximum absolute atomic E-state index is 12.4. The van der Waals surface area contributed by atoms with Gasteiger partial charge in [0.05, 0.1) is 17.7 Å². The molecule has 3 rings (SSSR count). The molecule has 0 N–H and O–H groups in total. The molecule has 1 aliphatic heterocycles. The van der Waals surface area contributed by atoms with E-state index in [9.17, 15) is 9.59 Å². The van der Waals surface area contributed by atoms with Crippen LogP contribution in [0.1, 0.15) is 20.3 Å². The van der Waals surface area contributed by atoms with Crippen LogP contribution in [0.5, 0.6) is 0 Å². The largest absolute Gasteiger partial charge is 0.419 e. The fourth-order valence-corrected chi connectivity index (χ4v) is 3.16. The van der Waals surface area contributed by atoms with Crippen LogP contribution in [0.3, 0.4) is 0 Å². The van der Waals surface area contributed by atoms with Crippen LogP contribution < -0.4 is 5.76 Å². The molecule has 124 valence electrons. The van der Waals surface area contributed by atoms with Gasteiger partial charge in [0.1, 0.15) is 0 Å². The summed E-state index contributed by atoms with van der Waals surface area (Å²) in [6, 6.07) is 5.02. The highest BCUT2D eigenvalue weighted by molar-refractivity contribution is 6.31. The molecule has 0 radical (unpaired) electrons. The number of ether oxygens (including phenoxy) is 1. The van der Waals surface area contributed by atoms with Crippen LogP contribution in [0.2, 0.25) is 5.02 Å². The molecule has 1 saturated heterocycles. The van der Waals surface area contributed by atoms with E-state index in [1.54, 1.807) is 23.1 Å². The van der Waals surface area contributed by atoms with Crippen molar-refractivity contribution in [2.24, 2.45) is 0 Å². The molecule has 2 unspecified atom stereocenters. The standard InChI is InChI=1S/C16H19ClN2O4/c1-10-8-18(9-11(2)22-10)15(20)5-6-19-13-4-3-12(17)7-14(13)23-16(19)21/h3-4,7,10-11H,5-6,8-9H2,1-2H3. The number of amides is 1. The zero-order chi connectivity index (χ0) is 16.6.